The fourth-order valence-electron chi connectivity index (χ4n) is 2.89. The van der Waals surface area contributed by atoms with Gasteiger partial charge >= 0.3 is 0 Å². The molecule has 1 aromatic heterocycles. The molecule has 2 aromatic carbocycles. The minimum absolute atomic E-state index is 0.207. The molecule has 1 heterocycles. The molecule has 0 aliphatic heterocycles. The van der Waals surface area contributed by atoms with Crippen LogP contribution in [0.15, 0.2) is 54.6 Å². The number of aromatic nitrogens is 2. The van der Waals surface area contributed by atoms with Crippen molar-refractivity contribution in [2.24, 2.45) is 0 Å². The zero-order valence-electron chi connectivity index (χ0n) is 15.7. The zero-order valence-corrected chi connectivity index (χ0v) is 15.7. The molecule has 0 saturated heterocycles. The molecule has 0 atom stereocenters. The van der Waals surface area contributed by atoms with E-state index in [-0.39, 0.29) is 11.7 Å². The standard InChI is InChI=1S/C22H24FN3O/c1-3-4-7-14-24-22(27)21-15-20(18-8-5-6-9-19(18)23)25-26(21)17-12-10-16(2)11-13-17/h5-6,8-13,15H,3-4,7,14H2,1-2H3,(H,24,27). The molecular weight excluding hydrogens is 341 g/mol. The van der Waals surface area contributed by atoms with Crippen molar-refractivity contribution in [3.05, 3.63) is 71.7 Å². The molecule has 1 amide bonds. The molecule has 3 rings (SSSR count). The molecule has 1 N–H and O–H groups in total. The predicted octanol–water partition coefficient (Wildman–Crippen LogP) is 4.91. The third-order valence-corrected chi connectivity index (χ3v) is 4.44. The summed E-state index contributed by atoms with van der Waals surface area (Å²) < 4.78 is 15.8. The van der Waals surface area contributed by atoms with Crippen LogP contribution in [-0.2, 0) is 0 Å². The minimum Gasteiger partial charge on any atom is -0.351 e. The number of nitrogens with zero attached hydrogens (tertiary/aromatic N) is 2. The van der Waals surface area contributed by atoms with Gasteiger partial charge in [-0.15, -0.1) is 0 Å². The number of carbonyl (C=O) groups excluding carboxylic acids is 1. The first kappa shape index (κ1) is 18.8. The molecule has 0 unspecified atom stereocenters. The Balaban J connectivity index is 1.98. The number of hydrogen-bond donors (Lipinski definition) is 1. The molecule has 5 heteroatoms. The topological polar surface area (TPSA) is 46.9 Å². The van der Waals surface area contributed by atoms with Crippen molar-refractivity contribution in [1.29, 1.82) is 0 Å². The van der Waals surface area contributed by atoms with Crippen LogP contribution in [0.3, 0.4) is 0 Å². The fraction of sp³-hybridized carbons (Fsp3) is 0.273. The maximum Gasteiger partial charge on any atom is 0.270 e. The van der Waals surface area contributed by atoms with Gasteiger partial charge in [0.1, 0.15) is 11.5 Å². The summed E-state index contributed by atoms with van der Waals surface area (Å²) in [6, 6.07) is 15.8. The molecule has 0 spiro atoms. The number of amides is 1. The lowest BCUT2D eigenvalue weighted by atomic mass is 10.1. The van der Waals surface area contributed by atoms with Crippen LogP contribution >= 0.6 is 0 Å². The van der Waals surface area contributed by atoms with E-state index in [0.29, 0.717) is 23.5 Å². The summed E-state index contributed by atoms with van der Waals surface area (Å²) in [5.74, 6) is -0.567. The van der Waals surface area contributed by atoms with E-state index < -0.39 is 0 Å². The Morgan fingerprint density at radius 3 is 2.56 bits per heavy atom. The molecule has 3 aromatic rings. The maximum absolute atomic E-state index is 14.2. The third-order valence-electron chi connectivity index (χ3n) is 4.44. The van der Waals surface area contributed by atoms with Crippen LogP contribution in [0.1, 0.15) is 42.2 Å². The number of unbranched alkanes of at least 4 members (excludes halogenated alkanes) is 2. The molecule has 0 saturated carbocycles. The molecular formula is C22H24FN3O. The summed E-state index contributed by atoms with van der Waals surface area (Å²) in [5.41, 5.74) is 3.09. The van der Waals surface area contributed by atoms with E-state index >= 15 is 0 Å². The van der Waals surface area contributed by atoms with E-state index in [0.717, 1.165) is 30.5 Å². The molecule has 0 radical (unpaired) electrons. The van der Waals surface area contributed by atoms with E-state index in [2.05, 4.69) is 17.3 Å². The van der Waals surface area contributed by atoms with Crippen LogP contribution in [0.4, 0.5) is 4.39 Å². The van der Waals surface area contributed by atoms with E-state index in [4.69, 9.17) is 0 Å². The van der Waals surface area contributed by atoms with E-state index in [1.807, 2.05) is 31.2 Å². The van der Waals surface area contributed by atoms with Gasteiger partial charge in [0.2, 0.25) is 0 Å². The SMILES string of the molecule is CCCCCNC(=O)c1cc(-c2ccccc2F)nn1-c1ccc(C)cc1. The summed E-state index contributed by atoms with van der Waals surface area (Å²) in [7, 11) is 0. The first-order chi connectivity index (χ1) is 13.1. The average Bonchev–Trinajstić information content (AvgIpc) is 3.11. The highest BCUT2D eigenvalue weighted by atomic mass is 19.1. The van der Waals surface area contributed by atoms with E-state index in [1.165, 1.54) is 6.07 Å². The first-order valence-corrected chi connectivity index (χ1v) is 9.30. The Kier molecular flexibility index (Phi) is 6.01. The van der Waals surface area contributed by atoms with E-state index in [9.17, 15) is 9.18 Å². The zero-order chi connectivity index (χ0) is 19.2. The second-order valence-electron chi connectivity index (χ2n) is 6.61. The monoisotopic (exact) mass is 365 g/mol. The van der Waals surface area contributed by atoms with E-state index in [1.54, 1.807) is 28.9 Å². The molecule has 0 bridgehead atoms. The minimum atomic E-state index is -0.360. The quantitative estimate of drug-likeness (QED) is 0.605. The Morgan fingerprint density at radius 1 is 1.11 bits per heavy atom. The second-order valence-corrected chi connectivity index (χ2v) is 6.61. The summed E-state index contributed by atoms with van der Waals surface area (Å²) in [6.45, 7) is 4.73. The fourth-order valence-corrected chi connectivity index (χ4v) is 2.89. The molecule has 140 valence electrons. The number of carbonyl (C=O) groups is 1. The highest BCUT2D eigenvalue weighted by Crippen LogP contribution is 2.24. The van der Waals surface area contributed by atoms with Gasteiger partial charge in [-0.1, -0.05) is 49.6 Å². The predicted molar refractivity (Wildman–Crippen MR) is 106 cm³/mol. The van der Waals surface area contributed by atoms with Gasteiger partial charge < -0.3 is 5.32 Å². The van der Waals surface area contributed by atoms with Crippen molar-refractivity contribution < 1.29 is 9.18 Å². The van der Waals surface area contributed by atoms with Gasteiger partial charge in [0.15, 0.2) is 0 Å². The van der Waals surface area contributed by atoms with Crippen molar-refractivity contribution in [3.8, 4) is 16.9 Å². The van der Waals surface area contributed by atoms with Crippen molar-refractivity contribution in [2.75, 3.05) is 6.54 Å². The lowest BCUT2D eigenvalue weighted by molar-refractivity contribution is 0.0945. The third kappa shape index (κ3) is 4.42. The van der Waals surface area contributed by atoms with Crippen LogP contribution in [0.2, 0.25) is 0 Å². The number of halogens is 1. The molecule has 4 nitrogen and oxygen atoms in total. The number of hydrogen-bond acceptors (Lipinski definition) is 2. The van der Waals surface area contributed by atoms with Gasteiger partial charge in [-0.25, -0.2) is 9.07 Å². The van der Waals surface area contributed by atoms with Crippen molar-refractivity contribution in [3.63, 3.8) is 0 Å². The molecule has 0 aliphatic rings. The van der Waals surface area contributed by atoms with Gasteiger partial charge in [0.05, 0.1) is 11.4 Å². The summed E-state index contributed by atoms with van der Waals surface area (Å²) >= 11 is 0. The summed E-state index contributed by atoms with van der Waals surface area (Å²) in [6.07, 6.45) is 3.09. The van der Waals surface area contributed by atoms with Crippen LogP contribution in [0.5, 0.6) is 0 Å². The van der Waals surface area contributed by atoms with Crippen molar-refractivity contribution in [1.82, 2.24) is 15.1 Å². The lowest BCUT2D eigenvalue weighted by Crippen LogP contribution is -2.26. The van der Waals surface area contributed by atoms with Crippen LogP contribution < -0.4 is 5.32 Å². The summed E-state index contributed by atoms with van der Waals surface area (Å²) in [5, 5.41) is 7.46. The first-order valence-electron chi connectivity index (χ1n) is 9.30. The van der Waals surface area contributed by atoms with Crippen molar-refractivity contribution >= 4 is 5.91 Å². The average molecular weight is 365 g/mol. The van der Waals surface area contributed by atoms with Gasteiger partial charge in [0.25, 0.3) is 5.91 Å². The lowest BCUT2D eigenvalue weighted by Gasteiger charge is -2.08. The normalized spacial score (nSPS) is 10.8. The molecule has 0 fully saturated rings. The Hall–Kier alpha value is -2.95. The smallest absolute Gasteiger partial charge is 0.270 e. The maximum atomic E-state index is 14.2. The number of benzene rings is 2. The number of aryl methyl sites for hydroxylation is 1. The van der Waals surface area contributed by atoms with Crippen LogP contribution in [0.25, 0.3) is 16.9 Å². The van der Waals surface area contributed by atoms with Crippen molar-refractivity contribution in [2.45, 2.75) is 33.1 Å². The van der Waals surface area contributed by atoms with Crippen LogP contribution in [0, 0.1) is 12.7 Å². The highest BCUT2D eigenvalue weighted by molar-refractivity contribution is 5.94. The van der Waals surface area contributed by atoms with Gasteiger partial charge in [-0.05, 0) is 43.7 Å². The van der Waals surface area contributed by atoms with Gasteiger partial charge in [-0.2, -0.15) is 5.10 Å². The number of nitrogens with one attached hydrogen (secondary N) is 1. The Labute approximate surface area is 159 Å². The van der Waals surface area contributed by atoms with Gasteiger partial charge in [-0.3, -0.25) is 4.79 Å². The van der Waals surface area contributed by atoms with Gasteiger partial charge in [0, 0.05) is 12.1 Å². The van der Waals surface area contributed by atoms with Crippen LogP contribution in [-0.4, -0.2) is 22.2 Å². The Bertz CT molecular complexity index is 916. The summed E-state index contributed by atoms with van der Waals surface area (Å²) in [4.78, 5) is 12.7. The molecule has 27 heavy (non-hydrogen) atoms. The second kappa shape index (κ2) is 8.62. The highest BCUT2D eigenvalue weighted by Gasteiger charge is 2.18. The largest absolute Gasteiger partial charge is 0.351 e. The molecule has 0 aliphatic carbocycles. The Morgan fingerprint density at radius 2 is 1.85 bits per heavy atom. The number of rotatable bonds is 7.